The molecular weight excluding hydrogens is 386 g/mol. The highest BCUT2D eigenvalue weighted by atomic mass is 32.1. The minimum atomic E-state index is -1.11. The van der Waals surface area contributed by atoms with Crippen LogP contribution in [0, 0.1) is 10.8 Å². The molecule has 0 bridgehead atoms. The van der Waals surface area contributed by atoms with Gasteiger partial charge in [-0.25, -0.2) is 9.87 Å². The third-order valence-corrected chi connectivity index (χ3v) is 7.35. The van der Waals surface area contributed by atoms with E-state index in [2.05, 4.69) is 34.6 Å². The first-order valence-electron chi connectivity index (χ1n) is 9.82. The summed E-state index contributed by atoms with van der Waals surface area (Å²) in [7, 11) is 0. The normalized spacial score (nSPS) is 28.3. The van der Waals surface area contributed by atoms with Crippen LogP contribution in [0.2, 0.25) is 0 Å². The summed E-state index contributed by atoms with van der Waals surface area (Å²) in [5.41, 5.74) is 1.01. The average molecular weight is 412 g/mol. The molecule has 0 unspecified atom stereocenters. The van der Waals surface area contributed by atoms with E-state index in [4.69, 9.17) is 19.5 Å². The molecule has 3 heterocycles. The molecule has 0 radical (unpaired) electrons. The van der Waals surface area contributed by atoms with Crippen molar-refractivity contribution in [3.8, 4) is 16.3 Å². The van der Waals surface area contributed by atoms with Crippen LogP contribution in [0.1, 0.15) is 40.2 Å². The fourth-order valence-corrected chi connectivity index (χ4v) is 6.27. The van der Waals surface area contributed by atoms with Crippen molar-refractivity contribution in [3.05, 3.63) is 48.0 Å². The fourth-order valence-electron chi connectivity index (χ4n) is 5.23. The van der Waals surface area contributed by atoms with Crippen molar-refractivity contribution in [2.24, 2.45) is 10.8 Å². The summed E-state index contributed by atoms with van der Waals surface area (Å²) >= 11 is 1.54. The highest BCUT2D eigenvalue weighted by molar-refractivity contribution is 7.21. The molecule has 6 heteroatoms. The van der Waals surface area contributed by atoms with Crippen LogP contribution in [0.4, 0.5) is 0 Å². The summed E-state index contributed by atoms with van der Waals surface area (Å²) in [5, 5.41) is 11.6. The van der Waals surface area contributed by atoms with E-state index >= 15 is 0 Å². The number of ether oxygens (including phenoxy) is 1. The zero-order valence-electron chi connectivity index (χ0n) is 17.3. The van der Waals surface area contributed by atoms with Gasteiger partial charge in [0.1, 0.15) is 10.8 Å². The van der Waals surface area contributed by atoms with Crippen LogP contribution in [0.5, 0.6) is 5.75 Å². The molecule has 2 aliphatic rings. The van der Waals surface area contributed by atoms with Crippen molar-refractivity contribution >= 4 is 21.6 Å². The Morgan fingerprint density at radius 1 is 1.03 bits per heavy atom. The third kappa shape index (κ3) is 2.23. The van der Waals surface area contributed by atoms with E-state index in [0.717, 1.165) is 20.8 Å². The van der Waals surface area contributed by atoms with Crippen molar-refractivity contribution in [2.75, 3.05) is 6.61 Å². The van der Waals surface area contributed by atoms with Crippen LogP contribution >= 0.6 is 11.3 Å². The lowest BCUT2D eigenvalue weighted by Crippen LogP contribution is -2.73. The quantitative estimate of drug-likeness (QED) is 0.554. The predicted octanol–water partition coefficient (Wildman–Crippen LogP) is 5.62. The molecule has 1 aromatic heterocycles. The summed E-state index contributed by atoms with van der Waals surface area (Å²) < 4.78 is 7.45. The van der Waals surface area contributed by atoms with Crippen LogP contribution in [0.3, 0.4) is 0 Å². The minimum Gasteiger partial charge on any atom is -0.507 e. The lowest BCUT2D eigenvalue weighted by molar-refractivity contribution is -0.626. The summed E-state index contributed by atoms with van der Waals surface area (Å²) in [4.78, 5) is 16.6. The van der Waals surface area contributed by atoms with Gasteiger partial charge >= 0.3 is 0 Å². The standard InChI is InChI=1S/C23H25NO4S/c1-20(2,3)23-21(4,5)13-26-22(23,27-28-23)14-9-8-11-16(25)18(14)19-24-15-10-6-7-12-17(15)29-19/h6-12,25H,13H2,1-5H3/t22-,23-/m1/s1. The first-order valence-corrected chi connectivity index (χ1v) is 10.6. The zero-order chi connectivity index (χ0) is 20.7. The van der Waals surface area contributed by atoms with E-state index in [1.54, 1.807) is 17.4 Å². The van der Waals surface area contributed by atoms with Crippen molar-refractivity contribution in [3.63, 3.8) is 0 Å². The SMILES string of the molecule is CC(C)(C)[C@]12OO[C@@]1(c1cccc(O)c1-c1nc3ccccc3s1)OCC2(C)C. The molecule has 0 saturated carbocycles. The van der Waals surface area contributed by atoms with Gasteiger partial charge in [-0.3, -0.25) is 0 Å². The zero-order valence-corrected chi connectivity index (χ0v) is 18.1. The monoisotopic (exact) mass is 411 g/mol. The third-order valence-electron chi connectivity index (χ3n) is 6.30. The Hall–Kier alpha value is -1.99. The van der Waals surface area contributed by atoms with Crippen molar-refractivity contribution in [1.82, 2.24) is 4.98 Å². The summed E-state index contributed by atoms with van der Waals surface area (Å²) in [6, 6.07) is 13.4. The maximum absolute atomic E-state index is 10.9. The second-order valence-electron chi connectivity index (χ2n) is 9.57. The van der Waals surface area contributed by atoms with Crippen LogP contribution in [0.25, 0.3) is 20.8 Å². The van der Waals surface area contributed by atoms with Crippen molar-refractivity contribution in [1.29, 1.82) is 0 Å². The van der Waals surface area contributed by atoms with Gasteiger partial charge in [-0.2, -0.15) is 4.89 Å². The summed E-state index contributed by atoms with van der Waals surface area (Å²) in [6.45, 7) is 11.2. The van der Waals surface area contributed by atoms with Gasteiger partial charge in [-0.05, 0) is 18.2 Å². The molecule has 2 atom stereocenters. The Morgan fingerprint density at radius 2 is 1.79 bits per heavy atom. The number of para-hydroxylation sites is 1. The maximum atomic E-state index is 10.9. The van der Waals surface area contributed by atoms with Gasteiger partial charge in [0.05, 0.1) is 22.4 Å². The number of benzene rings is 2. The van der Waals surface area contributed by atoms with Crippen LogP contribution in [0.15, 0.2) is 42.5 Å². The van der Waals surface area contributed by atoms with Gasteiger partial charge in [0, 0.05) is 16.4 Å². The molecule has 2 aliphatic heterocycles. The Morgan fingerprint density at radius 3 is 2.45 bits per heavy atom. The molecule has 5 nitrogen and oxygen atoms in total. The van der Waals surface area contributed by atoms with Crippen molar-refractivity contribution < 1.29 is 19.6 Å². The van der Waals surface area contributed by atoms with Crippen LogP contribution in [-0.2, 0) is 20.3 Å². The number of aromatic nitrogens is 1. The summed E-state index contributed by atoms with van der Waals surface area (Å²) in [6.07, 6.45) is 0. The van der Waals surface area contributed by atoms with E-state index < -0.39 is 11.4 Å². The van der Waals surface area contributed by atoms with Crippen LogP contribution in [-0.4, -0.2) is 22.3 Å². The highest BCUT2D eigenvalue weighted by Crippen LogP contribution is 2.70. The predicted molar refractivity (Wildman–Crippen MR) is 112 cm³/mol. The molecule has 2 aromatic carbocycles. The smallest absolute Gasteiger partial charge is 0.262 e. The Balaban J connectivity index is 1.77. The number of fused-ring (bicyclic) bond motifs is 2. The Bertz CT molecular complexity index is 1080. The number of phenolic OH excluding ortho intramolecular Hbond substituents is 1. The maximum Gasteiger partial charge on any atom is 0.262 e. The number of hydrogen-bond acceptors (Lipinski definition) is 6. The first kappa shape index (κ1) is 19.0. The highest BCUT2D eigenvalue weighted by Gasteiger charge is 2.81. The number of hydrogen-bond donors (Lipinski definition) is 1. The number of aromatic hydroxyl groups is 1. The van der Waals surface area contributed by atoms with Gasteiger partial charge in [0.2, 0.25) is 0 Å². The number of rotatable bonds is 2. The van der Waals surface area contributed by atoms with E-state index in [9.17, 15) is 5.11 Å². The van der Waals surface area contributed by atoms with Gasteiger partial charge in [0.15, 0.2) is 5.60 Å². The fraction of sp³-hybridized carbons (Fsp3) is 0.435. The van der Waals surface area contributed by atoms with E-state index in [1.807, 2.05) is 36.4 Å². The molecule has 2 fully saturated rings. The van der Waals surface area contributed by atoms with Crippen molar-refractivity contribution in [2.45, 2.75) is 46.0 Å². The summed E-state index contributed by atoms with van der Waals surface area (Å²) in [5.74, 6) is -0.955. The second kappa shape index (κ2) is 5.79. The second-order valence-corrected chi connectivity index (χ2v) is 10.6. The number of thiazole rings is 1. The van der Waals surface area contributed by atoms with Gasteiger partial charge < -0.3 is 9.84 Å². The molecular formula is C23H25NO4S. The van der Waals surface area contributed by atoms with E-state index in [1.165, 1.54) is 0 Å². The lowest BCUT2D eigenvalue weighted by Gasteiger charge is -2.61. The molecule has 0 aliphatic carbocycles. The molecule has 3 aromatic rings. The molecule has 2 saturated heterocycles. The van der Waals surface area contributed by atoms with Gasteiger partial charge in [-0.1, -0.05) is 58.9 Å². The molecule has 29 heavy (non-hydrogen) atoms. The molecule has 0 amide bonds. The number of nitrogens with zero attached hydrogens (tertiary/aromatic N) is 1. The lowest BCUT2D eigenvalue weighted by atomic mass is 9.57. The number of phenols is 1. The minimum absolute atomic E-state index is 0.155. The Labute approximate surface area is 174 Å². The first-order chi connectivity index (χ1) is 13.6. The topological polar surface area (TPSA) is 60.8 Å². The Kier molecular flexibility index (Phi) is 3.79. The molecule has 0 spiro atoms. The van der Waals surface area contributed by atoms with Crippen LogP contribution < -0.4 is 0 Å². The molecule has 5 rings (SSSR count). The molecule has 152 valence electrons. The largest absolute Gasteiger partial charge is 0.507 e. The van der Waals surface area contributed by atoms with E-state index in [0.29, 0.717) is 12.2 Å². The average Bonchev–Trinajstić information content (AvgIpc) is 3.09. The van der Waals surface area contributed by atoms with Gasteiger partial charge in [0.25, 0.3) is 5.79 Å². The van der Waals surface area contributed by atoms with E-state index in [-0.39, 0.29) is 16.6 Å². The van der Waals surface area contributed by atoms with Gasteiger partial charge in [-0.15, -0.1) is 11.3 Å². The molecule has 1 N–H and O–H groups in total.